The van der Waals surface area contributed by atoms with Crippen LogP contribution in [0.1, 0.15) is 22.3 Å². The average Bonchev–Trinajstić information content (AvgIpc) is 3.97. The van der Waals surface area contributed by atoms with E-state index in [9.17, 15) is 0 Å². The fourth-order valence-corrected chi connectivity index (χ4v) is 11.2. The van der Waals surface area contributed by atoms with Crippen LogP contribution in [-0.2, 0) is 5.41 Å². The summed E-state index contributed by atoms with van der Waals surface area (Å²) < 4.78 is 6.64. The van der Waals surface area contributed by atoms with E-state index in [4.69, 9.17) is 4.42 Å². The normalized spacial score (nSPS) is 12.5. The monoisotopic (exact) mass is 879 g/mol. The van der Waals surface area contributed by atoms with E-state index >= 15 is 0 Å². The van der Waals surface area contributed by atoms with Crippen molar-refractivity contribution in [2.24, 2.45) is 0 Å². The highest BCUT2D eigenvalue weighted by molar-refractivity contribution is 6.10. The fraction of sp³-hybridized carbons (Fsp3) is 0.0149. The first kappa shape index (κ1) is 40.3. The van der Waals surface area contributed by atoms with Crippen LogP contribution in [0.4, 0.5) is 17.1 Å². The van der Waals surface area contributed by atoms with Gasteiger partial charge in [-0.3, -0.25) is 0 Å². The molecule has 1 heterocycles. The molecule has 13 rings (SSSR count). The molecule has 0 radical (unpaired) electrons. The Labute approximate surface area is 402 Å². The van der Waals surface area contributed by atoms with Crippen LogP contribution in [0.2, 0.25) is 0 Å². The lowest BCUT2D eigenvalue weighted by Crippen LogP contribution is -2.28. The SMILES string of the molecule is c1ccc(-c2ccc(-c3ccccc3N(c3cccc(-c4cccc5c4oc4ccccc45)c3)c3ccccc3-c3cccc4c3-c3ccccc3C4(c3ccccc3)c3ccccc3)cc2)cc1. The lowest BCUT2D eigenvalue weighted by molar-refractivity contribution is 0.670. The van der Waals surface area contributed by atoms with Gasteiger partial charge >= 0.3 is 0 Å². The van der Waals surface area contributed by atoms with Crippen LogP contribution in [0, 0.1) is 0 Å². The number of furan rings is 1. The maximum absolute atomic E-state index is 6.64. The third kappa shape index (κ3) is 6.56. The molecule has 0 N–H and O–H groups in total. The molecule has 0 unspecified atom stereocenters. The molecular weight excluding hydrogens is 835 g/mol. The Kier molecular flexibility index (Phi) is 9.77. The van der Waals surface area contributed by atoms with Gasteiger partial charge in [0.1, 0.15) is 11.2 Å². The van der Waals surface area contributed by atoms with Crippen LogP contribution in [0.25, 0.3) is 77.6 Å². The summed E-state index contributed by atoms with van der Waals surface area (Å²) in [5, 5.41) is 2.23. The molecule has 0 fully saturated rings. The minimum atomic E-state index is -0.524. The zero-order valence-electron chi connectivity index (χ0n) is 37.8. The number of anilines is 3. The molecule has 2 heteroatoms. The van der Waals surface area contributed by atoms with Crippen molar-refractivity contribution in [1.29, 1.82) is 0 Å². The number of hydrogen-bond donors (Lipinski definition) is 0. The molecule has 0 amide bonds. The molecule has 1 aliphatic rings. The molecule has 69 heavy (non-hydrogen) atoms. The molecule has 0 saturated heterocycles. The van der Waals surface area contributed by atoms with Crippen molar-refractivity contribution < 1.29 is 4.42 Å². The second kappa shape index (κ2) is 16.7. The molecule has 324 valence electrons. The molecule has 1 aromatic heterocycles. The topological polar surface area (TPSA) is 16.4 Å². The Morgan fingerprint density at radius 1 is 0.304 bits per heavy atom. The predicted octanol–water partition coefficient (Wildman–Crippen LogP) is 18.1. The Bertz CT molecular complexity index is 3790. The Hall–Kier alpha value is -8.98. The maximum atomic E-state index is 6.64. The van der Waals surface area contributed by atoms with E-state index < -0.39 is 5.41 Å². The van der Waals surface area contributed by atoms with Crippen LogP contribution in [0.15, 0.2) is 277 Å². The molecule has 1 aliphatic carbocycles. The van der Waals surface area contributed by atoms with Crippen molar-refractivity contribution in [1.82, 2.24) is 0 Å². The average molecular weight is 880 g/mol. The highest BCUT2D eigenvalue weighted by Crippen LogP contribution is 2.59. The fourth-order valence-electron chi connectivity index (χ4n) is 11.2. The van der Waals surface area contributed by atoms with Crippen molar-refractivity contribution in [2.75, 3.05) is 4.90 Å². The van der Waals surface area contributed by atoms with Gasteiger partial charge in [0.05, 0.1) is 16.8 Å². The van der Waals surface area contributed by atoms with Gasteiger partial charge in [0.25, 0.3) is 0 Å². The first-order valence-electron chi connectivity index (χ1n) is 23.8. The second-order valence-corrected chi connectivity index (χ2v) is 17.9. The Morgan fingerprint density at radius 3 is 1.55 bits per heavy atom. The maximum Gasteiger partial charge on any atom is 0.143 e. The van der Waals surface area contributed by atoms with Gasteiger partial charge in [0, 0.05) is 33.2 Å². The van der Waals surface area contributed by atoms with E-state index in [1.54, 1.807) is 0 Å². The van der Waals surface area contributed by atoms with E-state index in [2.05, 4.69) is 272 Å². The number of hydrogen-bond acceptors (Lipinski definition) is 2. The minimum Gasteiger partial charge on any atom is -0.455 e. The molecule has 2 nitrogen and oxygen atoms in total. The van der Waals surface area contributed by atoms with Gasteiger partial charge in [-0.1, -0.05) is 243 Å². The van der Waals surface area contributed by atoms with Crippen molar-refractivity contribution in [2.45, 2.75) is 5.41 Å². The van der Waals surface area contributed by atoms with E-state index in [-0.39, 0.29) is 0 Å². The number of fused-ring (bicyclic) bond motifs is 6. The van der Waals surface area contributed by atoms with Crippen LogP contribution in [0.5, 0.6) is 0 Å². The summed E-state index contributed by atoms with van der Waals surface area (Å²) in [6.45, 7) is 0. The summed E-state index contributed by atoms with van der Waals surface area (Å²) in [6.07, 6.45) is 0. The summed E-state index contributed by atoms with van der Waals surface area (Å²) in [4.78, 5) is 2.47. The van der Waals surface area contributed by atoms with Gasteiger partial charge in [-0.2, -0.15) is 0 Å². The number of benzene rings is 11. The van der Waals surface area contributed by atoms with E-state index in [1.165, 1.54) is 50.1 Å². The highest BCUT2D eigenvalue weighted by atomic mass is 16.3. The van der Waals surface area contributed by atoms with Gasteiger partial charge in [-0.15, -0.1) is 0 Å². The lowest BCUT2D eigenvalue weighted by Gasteiger charge is -2.34. The third-order valence-corrected chi connectivity index (χ3v) is 14.2. The van der Waals surface area contributed by atoms with Gasteiger partial charge in [-0.05, 0) is 91.5 Å². The summed E-state index contributed by atoms with van der Waals surface area (Å²) in [7, 11) is 0. The van der Waals surface area contributed by atoms with Crippen LogP contribution in [-0.4, -0.2) is 0 Å². The number of rotatable bonds is 9. The van der Waals surface area contributed by atoms with Gasteiger partial charge in [-0.25, -0.2) is 0 Å². The third-order valence-electron chi connectivity index (χ3n) is 14.2. The summed E-state index contributed by atoms with van der Waals surface area (Å²) in [5.41, 5.74) is 21.1. The summed E-state index contributed by atoms with van der Waals surface area (Å²) in [5.74, 6) is 0. The molecular formula is C67H45NO. The van der Waals surface area contributed by atoms with Crippen molar-refractivity contribution in [3.05, 3.63) is 295 Å². The standard InChI is InChI=1S/C67H45NO/c1-4-21-46(22-5-1)47-41-43-48(44-42-47)53-29-11-15-38-62(53)68(52-28-18-23-49(45-52)54-33-19-35-58-56-31-13-17-40-64(56)69-66(54)58)63-39-16-12-30-55(63)57-34-20-37-61-65(57)59-32-10-14-36-60(59)67(61,50-24-6-2-7-25-50)51-26-8-3-9-27-51/h1-45H. The largest absolute Gasteiger partial charge is 0.455 e. The number of nitrogens with zero attached hydrogens (tertiary/aromatic N) is 1. The molecule has 0 aliphatic heterocycles. The van der Waals surface area contributed by atoms with E-state index in [0.717, 1.165) is 66.8 Å². The zero-order valence-corrected chi connectivity index (χ0v) is 37.8. The van der Waals surface area contributed by atoms with Crippen molar-refractivity contribution in [3.8, 4) is 55.6 Å². The van der Waals surface area contributed by atoms with E-state index in [0.29, 0.717) is 0 Å². The van der Waals surface area contributed by atoms with Crippen molar-refractivity contribution >= 4 is 39.0 Å². The van der Waals surface area contributed by atoms with Crippen molar-refractivity contribution in [3.63, 3.8) is 0 Å². The van der Waals surface area contributed by atoms with E-state index in [1.807, 2.05) is 6.07 Å². The second-order valence-electron chi connectivity index (χ2n) is 17.9. The summed E-state index contributed by atoms with van der Waals surface area (Å²) >= 11 is 0. The van der Waals surface area contributed by atoms with Gasteiger partial charge in [0.2, 0.25) is 0 Å². The zero-order chi connectivity index (χ0) is 45.7. The first-order chi connectivity index (χ1) is 34.3. The number of para-hydroxylation sites is 4. The highest BCUT2D eigenvalue weighted by Gasteiger charge is 2.47. The minimum absolute atomic E-state index is 0.524. The molecule has 0 atom stereocenters. The molecule has 0 spiro atoms. The van der Waals surface area contributed by atoms with Crippen LogP contribution in [0.3, 0.4) is 0 Å². The quantitative estimate of drug-likeness (QED) is 0.144. The molecule has 11 aromatic carbocycles. The van der Waals surface area contributed by atoms with Crippen LogP contribution < -0.4 is 4.90 Å². The van der Waals surface area contributed by atoms with Gasteiger partial charge < -0.3 is 9.32 Å². The molecule has 0 bridgehead atoms. The molecule has 12 aromatic rings. The smallest absolute Gasteiger partial charge is 0.143 e. The van der Waals surface area contributed by atoms with Crippen LogP contribution >= 0.6 is 0 Å². The first-order valence-corrected chi connectivity index (χ1v) is 23.8. The Balaban J connectivity index is 1.05. The molecule has 0 saturated carbocycles. The summed E-state index contributed by atoms with van der Waals surface area (Å²) in [6, 6.07) is 99.3. The Morgan fingerprint density at radius 2 is 0.797 bits per heavy atom. The lowest BCUT2D eigenvalue weighted by atomic mass is 9.67. The van der Waals surface area contributed by atoms with Gasteiger partial charge in [0.15, 0.2) is 0 Å². The predicted molar refractivity (Wildman–Crippen MR) is 287 cm³/mol.